The maximum atomic E-state index is 11.8. The Balaban J connectivity index is 2.17. The van der Waals surface area contributed by atoms with E-state index in [1.165, 1.54) is 0 Å². The third kappa shape index (κ3) is 5.62. The molecule has 0 bridgehead atoms. The Kier molecular flexibility index (Phi) is 7.74. The SMILES string of the molecule is CCOC(=O)N1CCN(C(=O)NCOCCOC)CC1. The van der Waals surface area contributed by atoms with Crippen LogP contribution in [0.2, 0.25) is 0 Å². The van der Waals surface area contributed by atoms with Crippen LogP contribution in [0.3, 0.4) is 0 Å². The first-order valence-electron chi connectivity index (χ1n) is 6.70. The third-order valence-corrected chi connectivity index (χ3v) is 2.85. The quantitative estimate of drug-likeness (QED) is 0.554. The number of rotatable bonds is 6. The fourth-order valence-electron chi connectivity index (χ4n) is 1.75. The van der Waals surface area contributed by atoms with Gasteiger partial charge >= 0.3 is 12.1 Å². The standard InChI is InChI=1S/C12H23N3O5/c1-3-20-12(17)15-6-4-14(5-7-15)11(16)13-10-19-9-8-18-2/h3-10H2,1-2H3,(H,13,16). The van der Waals surface area contributed by atoms with Crippen molar-refractivity contribution >= 4 is 12.1 Å². The molecule has 0 radical (unpaired) electrons. The van der Waals surface area contributed by atoms with Gasteiger partial charge in [-0.15, -0.1) is 0 Å². The molecule has 1 N–H and O–H groups in total. The molecular weight excluding hydrogens is 266 g/mol. The molecule has 0 aromatic rings. The van der Waals surface area contributed by atoms with E-state index in [0.29, 0.717) is 46.0 Å². The van der Waals surface area contributed by atoms with Gasteiger partial charge in [-0.25, -0.2) is 9.59 Å². The normalized spacial score (nSPS) is 15.1. The zero-order valence-electron chi connectivity index (χ0n) is 12.1. The fourth-order valence-corrected chi connectivity index (χ4v) is 1.75. The molecule has 8 heteroatoms. The van der Waals surface area contributed by atoms with Crippen molar-refractivity contribution in [3.63, 3.8) is 0 Å². The summed E-state index contributed by atoms with van der Waals surface area (Å²) < 4.78 is 14.9. The lowest BCUT2D eigenvalue weighted by Gasteiger charge is -2.33. The zero-order valence-corrected chi connectivity index (χ0v) is 12.1. The second-order valence-corrected chi connectivity index (χ2v) is 4.20. The lowest BCUT2D eigenvalue weighted by atomic mass is 10.3. The maximum Gasteiger partial charge on any atom is 0.409 e. The van der Waals surface area contributed by atoms with Crippen LogP contribution in [0.15, 0.2) is 0 Å². The average molecular weight is 289 g/mol. The number of carbonyl (C=O) groups excluding carboxylic acids is 2. The lowest BCUT2D eigenvalue weighted by molar-refractivity contribution is 0.0580. The summed E-state index contributed by atoms with van der Waals surface area (Å²) in [6, 6.07) is -0.189. The summed E-state index contributed by atoms with van der Waals surface area (Å²) in [6.45, 7) is 5.16. The summed E-state index contributed by atoms with van der Waals surface area (Å²) in [6.07, 6.45) is -0.324. The van der Waals surface area contributed by atoms with Crippen LogP contribution in [-0.2, 0) is 14.2 Å². The molecule has 1 aliphatic heterocycles. The highest BCUT2D eigenvalue weighted by atomic mass is 16.6. The number of urea groups is 1. The van der Waals surface area contributed by atoms with Crippen molar-refractivity contribution in [2.75, 3.05) is 59.8 Å². The average Bonchev–Trinajstić information content (AvgIpc) is 2.47. The molecule has 1 rings (SSSR count). The van der Waals surface area contributed by atoms with Gasteiger partial charge in [0.1, 0.15) is 6.73 Å². The number of ether oxygens (including phenoxy) is 3. The van der Waals surface area contributed by atoms with Gasteiger partial charge in [-0.3, -0.25) is 0 Å². The van der Waals surface area contributed by atoms with Crippen molar-refractivity contribution in [1.29, 1.82) is 0 Å². The monoisotopic (exact) mass is 289 g/mol. The van der Waals surface area contributed by atoms with Crippen LogP contribution < -0.4 is 5.32 Å². The number of carbonyl (C=O) groups is 2. The highest BCUT2D eigenvalue weighted by Gasteiger charge is 2.24. The predicted molar refractivity (Wildman–Crippen MR) is 71.4 cm³/mol. The molecule has 0 spiro atoms. The molecule has 116 valence electrons. The van der Waals surface area contributed by atoms with Gasteiger partial charge in [0.25, 0.3) is 0 Å². The number of nitrogens with zero attached hydrogens (tertiary/aromatic N) is 2. The van der Waals surface area contributed by atoms with E-state index in [4.69, 9.17) is 14.2 Å². The molecule has 0 saturated carbocycles. The van der Waals surface area contributed by atoms with E-state index < -0.39 is 0 Å². The molecule has 0 aromatic carbocycles. The van der Waals surface area contributed by atoms with E-state index >= 15 is 0 Å². The Morgan fingerprint density at radius 3 is 2.35 bits per heavy atom. The fraction of sp³-hybridized carbons (Fsp3) is 0.833. The molecule has 0 atom stereocenters. The van der Waals surface area contributed by atoms with Gasteiger partial charge in [0.15, 0.2) is 0 Å². The van der Waals surface area contributed by atoms with Crippen molar-refractivity contribution in [2.45, 2.75) is 6.92 Å². The topological polar surface area (TPSA) is 80.3 Å². The molecule has 1 aliphatic rings. The van der Waals surface area contributed by atoms with E-state index in [1.54, 1.807) is 23.8 Å². The van der Waals surface area contributed by atoms with Crippen molar-refractivity contribution in [3.8, 4) is 0 Å². The molecule has 0 aliphatic carbocycles. The Hall–Kier alpha value is -1.54. The third-order valence-electron chi connectivity index (χ3n) is 2.85. The summed E-state index contributed by atoms with van der Waals surface area (Å²) in [4.78, 5) is 26.5. The van der Waals surface area contributed by atoms with Crippen molar-refractivity contribution in [2.24, 2.45) is 0 Å². The highest BCUT2D eigenvalue weighted by molar-refractivity contribution is 5.74. The second-order valence-electron chi connectivity index (χ2n) is 4.20. The minimum atomic E-state index is -0.324. The van der Waals surface area contributed by atoms with Crippen LogP contribution in [0.4, 0.5) is 9.59 Å². The summed E-state index contributed by atoms with van der Waals surface area (Å²) in [7, 11) is 1.59. The molecule has 20 heavy (non-hydrogen) atoms. The first-order valence-corrected chi connectivity index (χ1v) is 6.70. The van der Waals surface area contributed by atoms with E-state index in [9.17, 15) is 9.59 Å². The molecule has 1 saturated heterocycles. The zero-order chi connectivity index (χ0) is 14.8. The largest absolute Gasteiger partial charge is 0.450 e. The molecular formula is C12H23N3O5. The Labute approximate surface area is 118 Å². The van der Waals surface area contributed by atoms with Gasteiger partial charge in [-0.2, -0.15) is 0 Å². The minimum Gasteiger partial charge on any atom is -0.450 e. The van der Waals surface area contributed by atoms with Gasteiger partial charge in [-0.05, 0) is 6.92 Å². The van der Waals surface area contributed by atoms with E-state index in [1.807, 2.05) is 0 Å². The van der Waals surface area contributed by atoms with E-state index in [0.717, 1.165) is 0 Å². The summed E-state index contributed by atoms with van der Waals surface area (Å²) >= 11 is 0. The van der Waals surface area contributed by atoms with Crippen molar-refractivity contribution in [3.05, 3.63) is 0 Å². The van der Waals surface area contributed by atoms with Crippen molar-refractivity contribution in [1.82, 2.24) is 15.1 Å². The van der Waals surface area contributed by atoms with Gasteiger partial charge in [0.05, 0.1) is 19.8 Å². The van der Waals surface area contributed by atoms with Gasteiger partial charge in [0, 0.05) is 33.3 Å². The number of nitrogens with one attached hydrogen (secondary N) is 1. The first kappa shape index (κ1) is 16.5. The van der Waals surface area contributed by atoms with Gasteiger partial charge in [-0.1, -0.05) is 0 Å². The van der Waals surface area contributed by atoms with Crippen LogP contribution in [0.5, 0.6) is 0 Å². The molecule has 8 nitrogen and oxygen atoms in total. The van der Waals surface area contributed by atoms with Crippen LogP contribution in [-0.4, -0.2) is 81.8 Å². The number of methoxy groups -OCH3 is 1. The van der Waals surface area contributed by atoms with Crippen molar-refractivity contribution < 1.29 is 23.8 Å². The molecule has 1 heterocycles. The molecule has 0 unspecified atom stereocenters. The molecule has 0 aromatic heterocycles. The van der Waals surface area contributed by atoms with E-state index in [-0.39, 0.29) is 18.9 Å². The summed E-state index contributed by atoms with van der Waals surface area (Å²) in [5, 5.41) is 2.66. The first-order chi connectivity index (χ1) is 9.69. The van der Waals surface area contributed by atoms with E-state index in [2.05, 4.69) is 5.32 Å². The number of piperazine rings is 1. The lowest BCUT2D eigenvalue weighted by Crippen LogP contribution is -2.53. The maximum absolute atomic E-state index is 11.8. The Bertz CT molecular complexity index is 305. The Morgan fingerprint density at radius 2 is 1.75 bits per heavy atom. The van der Waals surface area contributed by atoms with Gasteiger partial charge in [0.2, 0.25) is 0 Å². The van der Waals surface area contributed by atoms with Crippen LogP contribution in [0.25, 0.3) is 0 Å². The minimum absolute atomic E-state index is 0.153. The number of hydrogen-bond donors (Lipinski definition) is 1. The number of hydrogen-bond acceptors (Lipinski definition) is 5. The predicted octanol–water partition coefficient (Wildman–Crippen LogP) is 0.0906. The van der Waals surface area contributed by atoms with Crippen LogP contribution in [0.1, 0.15) is 6.92 Å². The Morgan fingerprint density at radius 1 is 1.10 bits per heavy atom. The molecule has 1 fully saturated rings. The van der Waals surface area contributed by atoms with Crippen LogP contribution in [0, 0.1) is 0 Å². The highest BCUT2D eigenvalue weighted by Crippen LogP contribution is 2.03. The van der Waals surface area contributed by atoms with Gasteiger partial charge < -0.3 is 29.3 Å². The smallest absolute Gasteiger partial charge is 0.409 e. The number of amides is 3. The second kappa shape index (κ2) is 9.38. The van der Waals surface area contributed by atoms with Crippen LogP contribution >= 0.6 is 0 Å². The summed E-state index contributed by atoms with van der Waals surface area (Å²) in [5.41, 5.74) is 0. The summed E-state index contributed by atoms with van der Waals surface area (Å²) in [5.74, 6) is 0. The molecule has 3 amide bonds.